The van der Waals surface area contributed by atoms with Crippen LogP contribution in [-0.4, -0.2) is 14.2 Å². The van der Waals surface area contributed by atoms with Crippen LogP contribution < -0.4 is 9.47 Å². The molecule has 1 aliphatic rings. The second-order valence-corrected chi connectivity index (χ2v) is 11.0. The van der Waals surface area contributed by atoms with Gasteiger partial charge in [-0.2, -0.15) is 0 Å². The quantitative estimate of drug-likeness (QED) is 0.194. The van der Waals surface area contributed by atoms with Gasteiger partial charge in [-0.3, -0.25) is 0 Å². The first-order chi connectivity index (χ1) is 22.2. The van der Waals surface area contributed by atoms with Crippen molar-refractivity contribution >= 4 is 0 Å². The molecular weight excluding hydrogens is 548 g/mol. The van der Waals surface area contributed by atoms with Gasteiger partial charge in [0.15, 0.2) is 0 Å². The van der Waals surface area contributed by atoms with Crippen molar-refractivity contribution in [3.8, 4) is 46.3 Å². The first-order valence-corrected chi connectivity index (χ1v) is 14.9. The van der Waals surface area contributed by atoms with Gasteiger partial charge in [-0.1, -0.05) is 96.5 Å². The highest BCUT2D eigenvalue weighted by atomic mass is 16.5. The summed E-state index contributed by atoms with van der Waals surface area (Å²) < 4.78 is 11.1. The van der Waals surface area contributed by atoms with E-state index in [1.165, 1.54) is 22.3 Å². The fourth-order valence-electron chi connectivity index (χ4n) is 6.28. The maximum Gasteiger partial charge on any atom is 0.118 e. The molecule has 0 radical (unpaired) electrons. The van der Waals surface area contributed by atoms with E-state index in [1.807, 2.05) is 84.9 Å². The molecule has 214 valence electrons. The van der Waals surface area contributed by atoms with E-state index in [-0.39, 0.29) is 0 Å². The lowest BCUT2D eigenvalue weighted by atomic mass is 9.67. The normalized spacial score (nSPS) is 12.0. The first-order valence-electron chi connectivity index (χ1n) is 14.9. The van der Waals surface area contributed by atoms with Crippen LogP contribution in [0.4, 0.5) is 0 Å². The van der Waals surface area contributed by atoms with Crippen LogP contribution >= 0.6 is 0 Å². The Morgan fingerprint density at radius 2 is 0.778 bits per heavy atom. The molecule has 45 heavy (non-hydrogen) atoms. The SMILES string of the molecule is COc1ccc(C2(c3ccc(OC)cc3)c3cc(C#Cc4ccccc4)ccc3-c3ccc(C#Cc4ccccc4)cc32)cc1. The summed E-state index contributed by atoms with van der Waals surface area (Å²) in [7, 11) is 3.40. The van der Waals surface area contributed by atoms with Crippen molar-refractivity contribution < 1.29 is 9.47 Å². The Bertz CT molecular complexity index is 1950. The molecule has 0 heterocycles. The number of rotatable bonds is 4. The van der Waals surface area contributed by atoms with E-state index in [0.717, 1.165) is 44.9 Å². The molecule has 0 spiro atoms. The maximum atomic E-state index is 5.57. The molecule has 2 nitrogen and oxygen atoms in total. The Morgan fingerprint density at radius 3 is 1.16 bits per heavy atom. The van der Waals surface area contributed by atoms with Gasteiger partial charge in [0.2, 0.25) is 0 Å². The smallest absolute Gasteiger partial charge is 0.118 e. The van der Waals surface area contributed by atoms with Crippen molar-refractivity contribution in [1.82, 2.24) is 0 Å². The van der Waals surface area contributed by atoms with Crippen molar-refractivity contribution in [1.29, 1.82) is 0 Å². The van der Waals surface area contributed by atoms with Crippen LogP contribution in [-0.2, 0) is 5.41 Å². The van der Waals surface area contributed by atoms with E-state index in [4.69, 9.17) is 9.47 Å². The summed E-state index contributed by atoms with van der Waals surface area (Å²) in [5.74, 6) is 15.2. The van der Waals surface area contributed by atoms with Crippen LogP contribution in [0.15, 0.2) is 146 Å². The number of benzene rings is 6. The summed E-state index contributed by atoms with van der Waals surface area (Å²) >= 11 is 0. The third-order valence-electron chi connectivity index (χ3n) is 8.43. The molecule has 6 aromatic carbocycles. The fourth-order valence-corrected chi connectivity index (χ4v) is 6.28. The lowest BCUT2D eigenvalue weighted by molar-refractivity contribution is 0.414. The van der Waals surface area contributed by atoms with E-state index >= 15 is 0 Å². The molecule has 0 bridgehead atoms. The van der Waals surface area contributed by atoms with Crippen LogP contribution in [0, 0.1) is 23.7 Å². The summed E-state index contributed by atoms with van der Waals surface area (Å²) in [5, 5.41) is 0. The molecule has 2 heteroatoms. The maximum absolute atomic E-state index is 5.57. The predicted molar refractivity (Wildman–Crippen MR) is 182 cm³/mol. The molecule has 0 saturated heterocycles. The minimum atomic E-state index is -0.627. The Balaban J connectivity index is 1.49. The molecule has 0 N–H and O–H groups in total. The Labute approximate surface area is 264 Å². The molecule has 0 aromatic heterocycles. The number of methoxy groups -OCH3 is 2. The van der Waals surface area contributed by atoms with Gasteiger partial charge < -0.3 is 9.47 Å². The first kappa shape index (κ1) is 27.8. The number of hydrogen-bond donors (Lipinski definition) is 0. The number of hydrogen-bond acceptors (Lipinski definition) is 2. The zero-order valence-corrected chi connectivity index (χ0v) is 25.2. The monoisotopic (exact) mass is 578 g/mol. The summed E-state index contributed by atoms with van der Waals surface area (Å²) in [6.07, 6.45) is 0. The molecule has 7 rings (SSSR count). The van der Waals surface area contributed by atoms with Crippen LogP contribution in [0.25, 0.3) is 11.1 Å². The van der Waals surface area contributed by atoms with Crippen molar-refractivity contribution in [2.45, 2.75) is 5.41 Å². The van der Waals surface area contributed by atoms with E-state index < -0.39 is 5.41 Å². The van der Waals surface area contributed by atoms with E-state index in [0.29, 0.717) is 0 Å². The largest absolute Gasteiger partial charge is 0.497 e. The zero-order valence-electron chi connectivity index (χ0n) is 25.2. The Morgan fingerprint density at radius 1 is 0.400 bits per heavy atom. The third-order valence-corrected chi connectivity index (χ3v) is 8.43. The van der Waals surface area contributed by atoms with Crippen molar-refractivity contribution in [3.63, 3.8) is 0 Å². The highest BCUT2D eigenvalue weighted by Gasteiger charge is 2.46. The highest BCUT2D eigenvalue weighted by Crippen LogP contribution is 2.56. The van der Waals surface area contributed by atoms with E-state index in [9.17, 15) is 0 Å². The van der Waals surface area contributed by atoms with Gasteiger partial charge in [-0.25, -0.2) is 0 Å². The standard InChI is InChI=1S/C43H30O2/c1-44-37-23-19-35(20-24-37)43(36-21-25-38(45-2)26-22-36)41-29-33(15-13-31-9-5-3-6-10-31)17-27-39(41)40-28-18-34(30-42(40)43)16-14-32-11-7-4-8-12-32/h3-12,17-30H,1-2H3. The molecular formula is C43H30O2. The third kappa shape index (κ3) is 5.14. The summed E-state index contributed by atoms with van der Waals surface area (Å²) in [6.45, 7) is 0. The molecule has 6 aromatic rings. The van der Waals surface area contributed by atoms with Gasteiger partial charge >= 0.3 is 0 Å². The van der Waals surface area contributed by atoms with Crippen LogP contribution in [0.2, 0.25) is 0 Å². The van der Waals surface area contributed by atoms with Gasteiger partial charge in [-0.15, -0.1) is 0 Å². The molecule has 0 unspecified atom stereocenters. The van der Waals surface area contributed by atoms with E-state index in [1.54, 1.807) is 14.2 Å². The Hall–Kier alpha value is -5.96. The number of ether oxygens (including phenoxy) is 2. The molecule has 0 aliphatic heterocycles. The molecule has 0 fully saturated rings. The average molecular weight is 579 g/mol. The summed E-state index contributed by atoms with van der Waals surface area (Å²) in [5.41, 5.74) is 10.3. The summed E-state index contributed by atoms with van der Waals surface area (Å²) in [6, 6.07) is 50.3. The Kier molecular flexibility index (Phi) is 7.41. The highest BCUT2D eigenvalue weighted by molar-refractivity contribution is 5.87. The van der Waals surface area contributed by atoms with Crippen LogP contribution in [0.5, 0.6) is 11.5 Å². The topological polar surface area (TPSA) is 18.5 Å². The second-order valence-electron chi connectivity index (χ2n) is 11.0. The zero-order chi connectivity index (χ0) is 30.6. The van der Waals surface area contributed by atoms with Crippen molar-refractivity contribution in [2.24, 2.45) is 0 Å². The molecule has 0 amide bonds. The van der Waals surface area contributed by atoms with Gasteiger partial charge in [0, 0.05) is 22.3 Å². The van der Waals surface area contributed by atoms with Crippen molar-refractivity contribution in [3.05, 3.63) is 190 Å². The average Bonchev–Trinajstić information content (AvgIpc) is 3.40. The second kappa shape index (κ2) is 12.0. The lowest BCUT2D eigenvalue weighted by Crippen LogP contribution is -2.28. The van der Waals surface area contributed by atoms with E-state index in [2.05, 4.69) is 84.3 Å². The van der Waals surface area contributed by atoms with Gasteiger partial charge in [0.05, 0.1) is 19.6 Å². The summed E-state index contributed by atoms with van der Waals surface area (Å²) in [4.78, 5) is 0. The van der Waals surface area contributed by atoms with Gasteiger partial charge in [0.1, 0.15) is 11.5 Å². The molecule has 0 atom stereocenters. The fraction of sp³-hybridized carbons (Fsp3) is 0.0698. The van der Waals surface area contributed by atoms with Gasteiger partial charge in [0.25, 0.3) is 0 Å². The van der Waals surface area contributed by atoms with Crippen molar-refractivity contribution in [2.75, 3.05) is 14.2 Å². The molecule has 1 aliphatic carbocycles. The van der Waals surface area contributed by atoms with Gasteiger partial charge in [-0.05, 0) is 106 Å². The minimum Gasteiger partial charge on any atom is -0.497 e. The minimum absolute atomic E-state index is 0.627. The van der Waals surface area contributed by atoms with Crippen LogP contribution in [0.1, 0.15) is 44.5 Å². The number of fused-ring (bicyclic) bond motifs is 3. The lowest BCUT2D eigenvalue weighted by Gasteiger charge is -2.34. The van der Waals surface area contributed by atoms with Crippen LogP contribution in [0.3, 0.4) is 0 Å². The molecule has 0 saturated carbocycles. The predicted octanol–water partition coefficient (Wildman–Crippen LogP) is 8.87.